The van der Waals surface area contributed by atoms with Crippen LogP contribution in [0.2, 0.25) is 0 Å². The van der Waals surface area contributed by atoms with Crippen molar-refractivity contribution in [3.05, 3.63) is 65.5 Å². The van der Waals surface area contributed by atoms with Crippen LogP contribution in [0.4, 0.5) is 4.39 Å². The predicted molar refractivity (Wildman–Crippen MR) is 106 cm³/mol. The molecule has 0 bridgehead atoms. The summed E-state index contributed by atoms with van der Waals surface area (Å²) in [5.41, 5.74) is 3.06. The third-order valence-corrected chi connectivity index (χ3v) is 3.91. The van der Waals surface area contributed by atoms with Crippen LogP contribution < -0.4 is 15.5 Å². The molecular formula is C21H24FN3O3. The largest absolute Gasteiger partial charge is 0.494 e. The molecule has 1 unspecified atom stereocenters. The molecule has 0 heterocycles. The molecule has 148 valence electrons. The highest BCUT2D eigenvalue weighted by molar-refractivity contribution is 5.98. The monoisotopic (exact) mass is 385 g/mol. The van der Waals surface area contributed by atoms with E-state index in [0.29, 0.717) is 12.4 Å². The van der Waals surface area contributed by atoms with Crippen LogP contribution in [0.3, 0.4) is 0 Å². The second-order valence-corrected chi connectivity index (χ2v) is 6.41. The molecule has 6 nitrogen and oxygen atoms in total. The first kappa shape index (κ1) is 21.1. The molecule has 2 N–H and O–H groups in total. The summed E-state index contributed by atoms with van der Waals surface area (Å²) in [5.74, 6) is -1.30. The topological polar surface area (TPSA) is 79.8 Å². The SMILES string of the molecule is CCOc1cccc(C=NNC(=O)C(NC(=O)c2ccccc2F)C(C)C)c1. The summed E-state index contributed by atoms with van der Waals surface area (Å²) < 4.78 is 19.2. The van der Waals surface area contributed by atoms with Crippen LogP contribution in [0, 0.1) is 11.7 Å². The molecule has 0 aliphatic rings. The van der Waals surface area contributed by atoms with E-state index in [2.05, 4.69) is 15.8 Å². The number of nitrogens with one attached hydrogen (secondary N) is 2. The molecule has 7 heteroatoms. The normalized spacial score (nSPS) is 12.0. The van der Waals surface area contributed by atoms with Crippen LogP contribution in [-0.2, 0) is 4.79 Å². The Morgan fingerprint density at radius 3 is 2.61 bits per heavy atom. The van der Waals surface area contributed by atoms with E-state index in [-0.39, 0.29) is 11.5 Å². The molecule has 2 rings (SSSR count). The lowest BCUT2D eigenvalue weighted by atomic mass is 10.0. The fraction of sp³-hybridized carbons (Fsp3) is 0.286. The summed E-state index contributed by atoms with van der Waals surface area (Å²) in [4.78, 5) is 24.7. The predicted octanol–water partition coefficient (Wildman–Crippen LogP) is 3.13. The Bertz CT molecular complexity index is 852. The summed E-state index contributed by atoms with van der Waals surface area (Å²) in [6.07, 6.45) is 1.48. The minimum absolute atomic E-state index is 0.114. The van der Waals surface area contributed by atoms with E-state index in [1.165, 1.54) is 24.4 Å². The number of hydrogen-bond acceptors (Lipinski definition) is 4. The van der Waals surface area contributed by atoms with Crippen molar-refractivity contribution in [1.29, 1.82) is 0 Å². The standard InChI is InChI=1S/C21H24FN3O3/c1-4-28-16-9-7-8-15(12-16)13-23-25-21(27)19(14(2)3)24-20(26)17-10-5-6-11-18(17)22/h5-14,19H,4H2,1-3H3,(H,24,26)(H,25,27). The second-order valence-electron chi connectivity index (χ2n) is 6.41. The van der Waals surface area contributed by atoms with E-state index in [4.69, 9.17) is 4.74 Å². The first-order chi connectivity index (χ1) is 13.4. The molecule has 0 aliphatic heterocycles. The van der Waals surface area contributed by atoms with Crippen molar-refractivity contribution in [3.8, 4) is 5.75 Å². The molecule has 0 spiro atoms. The van der Waals surface area contributed by atoms with Crippen LogP contribution in [0.25, 0.3) is 0 Å². The van der Waals surface area contributed by atoms with Gasteiger partial charge in [0.2, 0.25) is 0 Å². The van der Waals surface area contributed by atoms with Gasteiger partial charge in [0.1, 0.15) is 17.6 Å². The molecule has 2 aromatic rings. The van der Waals surface area contributed by atoms with Gasteiger partial charge in [-0.25, -0.2) is 9.82 Å². The van der Waals surface area contributed by atoms with Crippen LogP contribution in [0.5, 0.6) is 5.75 Å². The smallest absolute Gasteiger partial charge is 0.262 e. The molecule has 0 aromatic heterocycles. The molecule has 0 aliphatic carbocycles. The molecule has 2 amide bonds. The summed E-state index contributed by atoms with van der Waals surface area (Å²) in [6.45, 7) is 6.00. The van der Waals surface area contributed by atoms with Gasteiger partial charge >= 0.3 is 0 Å². The maximum atomic E-state index is 13.8. The maximum Gasteiger partial charge on any atom is 0.262 e. The van der Waals surface area contributed by atoms with E-state index in [0.717, 1.165) is 5.56 Å². The third-order valence-electron chi connectivity index (χ3n) is 3.91. The highest BCUT2D eigenvalue weighted by Gasteiger charge is 2.25. The fourth-order valence-electron chi connectivity index (χ4n) is 2.49. The highest BCUT2D eigenvalue weighted by Crippen LogP contribution is 2.12. The second kappa shape index (κ2) is 10.2. The summed E-state index contributed by atoms with van der Waals surface area (Å²) in [5, 5.41) is 6.50. The Kier molecular flexibility index (Phi) is 7.68. The van der Waals surface area contributed by atoms with E-state index in [1.807, 2.05) is 25.1 Å². The summed E-state index contributed by atoms with van der Waals surface area (Å²) >= 11 is 0. The highest BCUT2D eigenvalue weighted by atomic mass is 19.1. The molecular weight excluding hydrogens is 361 g/mol. The molecule has 0 saturated heterocycles. The average Bonchev–Trinajstić information content (AvgIpc) is 2.66. The summed E-state index contributed by atoms with van der Waals surface area (Å²) in [7, 11) is 0. The van der Waals surface area contributed by atoms with Crippen molar-refractivity contribution in [3.63, 3.8) is 0 Å². The van der Waals surface area contributed by atoms with Gasteiger partial charge in [-0.3, -0.25) is 9.59 Å². The number of hydrazone groups is 1. The quantitative estimate of drug-likeness (QED) is 0.541. The van der Waals surface area contributed by atoms with Crippen molar-refractivity contribution in [2.45, 2.75) is 26.8 Å². The van der Waals surface area contributed by atoms with Gasteiger partial charge < -0.3 is 10.1 Å². The minimum Gasteiger partial charge on any atom is -0.494 e. The van der Waals surface area contributed by atoms with E-state index in [9.17, 15) is 14.0 Å². The number of nitrogens with zero attached hydrogens (tertiary/aromatic N) is 1. The number of carbonyl (C=O) groups is 2. The lowest BCUT2D eigenvalue weighted by molar-refractivity contribution is -0.123. The van der Waals surface area contributed by atoms with Crippen LogP contribution in [0.15, 0.2) is 53.6 Å². The number of hydrogen-bond donors (Lipinski definition) is 2. The maximum absolute atomic E-state index is 13.8. The van der Waals surface area contributed by atoms with Gasteiger partial charge in [0.25, 0.3) is 11.8 Å². The molecule has 2 aromatic carbocycles. The Morgan fingerprint density at radius 2 is 1.93 bits per heavy atom. The number of rotatable bonds is 8. The Labute approximate surface area is 163 Å². The Balaban J connectivity index is 2.02. The van der Waals surface area contributed by atoms with Crippen LogP contribution >= 0.6 is 0 Å². The van der Waals surface area contributed by atoms with Crippen molar-refractivity contribution in [2.24, 2.45) is 11.0 Å². The Hall–Kier alpha value is -3.22. The average molecular weight is 385 g/mol. The first-order valence-electron chi connectivity index (χ1n) is 9.03. The van der Waals surface area contributed by atoms with Crippen molar-refractivity contribution in [2.75, 3.05) is 6.61 Å². The van der Waals surface area contributed by atoms with Crippen LogP contribution in [-0.4, -0.2) is 30.7 Å². The lowest BCUT2D eigenvalue weighted by Gasteiger charge is -2.20. The Morgan fingerprint density at radius 1 is 1.18 bits per heavy atom. The van der Waals surface area contributed by atoms with E-state index >= 15 is 0 Å². The molecule has 28 heavy (non-hydrogen) atoms. The van der Waals surface area contributed by atoms with Gasteiger partial charge in [0.15, 0.2) is 0 Å². The first-order valence-corrected chi connectivity index (χ1v) is 9.03. The van der Waals surface area contributed by atoms with Crippen molar-refractivity contribution >= 4 is 18.0 Å². The zero-order valence-corrected chi connectivity index (χ0v) is 16.1. The van der Waals surface area contributed by atoms with Crippen LogP contribution in [0.1, 0.15) is 36.7 Å². The van der Waals surface area contributed by atoms with Crippen molar-refractivity contribution in [1.82, 2.24) is 10.7 Å². The van der Waals surface area contributed by atoms with Gasteiger partial charge in [-0.2, -0.15) is 5.10 Å². The lowest BCUT2D eigenvalue weighted by Crippen LogP contribution is -2.48. The van der Waals surface area contributed by atoms with Gasteiger partial charge in [-0.15, -0.1) is 0 Å². The fourth-order valence-corrected chi connectivity index (χ4v) is 2.49. The number of benzene rings is 2. The van der Waals surface area contributed by atoms with Gasteiger partial charge in [-0.1, -0.05) is 38.1 Å². The molecule has 1 atom stereocenters. The molecule has 0 radical (unpaired) electrons. The number of halogens is 1. The zero-order chi connectivity index (χ0) is 20.5. The third kappa shape index (κ3) is 5.90. The van der Waals surface area contributed by atoms with Gasteiger partial charge in [0.05, 0.1) is 18.4 Å². The molecule has 0 fully saturated rings. The minimum atomic E-state index is -0.862. The summed E-state index contributed by atoms with van der Waals surface area (Å²) in [6, 6.07) is 12.0. The van der Waals surface area contributed by atoms with Gasteiger partial charge in [-0.05, 0) is 42.7 Å². The van der Waals surface area contributed by atoms with Crippen molar-refractivity contribution < 1.29 is 18.7 Å². The number of ether oxygens (including phenoxy) is 1. The number of amides is 2. The number of carbonyl (C=O) groups excluding carboxylic acids is 2. The molecule has 0 saturated carbocycles. The zero-order valence-electron chi connectivity index (χ0n) is 16.1. The van der Waals surface area contributed by atoms with E-state index in [1.54, 1.807) is 26.0 Å². The van der Waals surface area contributed by atoms with E-state index < -0.39 is 23.7 Å². The van der Waals surface area contributed by atoms with Gasteiger partial charge in [0, 0.05) is 0 Å².